The van der Waals surface area contributed by atoms with Crippen molar-refractivity contribution in [2.45, 2.75) is 96.9 Å². The number of aliphatic hydroxyl groups is 1. The van der Waals surface area contributed by atoms with Crippen molar-refractivity contribution in [2.24, 2.45) is 0 Å². The smallest absolute Gasteiger partial charge is 0.303 e. The van der Waals surface area contributed by atoms with Crippen molar-refractivity contribution >= 4 is 35.8 Å². The summed E-state index contributed by atoms with van der Waals surface area (Å²) in [4.78, 5) is 70.7. The molecule has 0 aromatic heterocycles. The lowest BCUT2D eigenvalue weighted by Gasteiger charge is -2.46. The van der Waals surface area contributed by atoms with Gasteiger partial charge in [0.25, 0.3) is 0 Å². The maximum atomic E-state index is 12.0. The third kappa shape index (κ3) is 9.42. The molecule has 16 nitrogen and oxygen atoms in total. The van der Waals surface area contributed by atoms with E-state index in [1.54, 1.807) is 0 Å². The molecule has 0 radical (unpaired) electrons. The number of ether oxygens (including phenoxy) is 9. The number of aliphatic hydroxyl groups excluding tert-OH is 1. The Morgan fingerprint density at radius 3 is 1.64 bits per heavy atom. The zero-order valence-corrected chi connectivity index (χ0v) is 22.2. The van der Waals surface area contributed by atoms with Crippen molar-refractivity contribution in [2.75, 3.05) is 13.2 Å². The van der Waals surface area contributed by atoms with Gasteiger partial charge in [0.2, 0.25) is 0 Å². The number of rotatable bonds is 9. The molecular weight excluding hydrogens is 532 g/mol. The van der Waals surface area contributed by atoms with Gasteiger partial charge in [-0.25, -0.2) is 0 Å². The highest BCUT2D eigenvalue weighted by Gasteiger charge is 2.55. The molecule has 220 valence electrons. The van der Waals surface area contributed by atoms with Crippen molar-refractivity contribution in [1.82, 2.24) is 0 Å². The fraction of sp³-hybridized carbons (Fsp3) is 0.739. The lowest BCUT2D eigenvalue weighted by molar-refractivity contribution is -0.354. The first-order valence-corrected chi connectivity index (χ1v) is 11.8. The SMILES string of the molecule is CC(=O)OC[C@H]1O[C@H](O[C@@H]2[C@@H](OC(C)=O)[C@H](OC(C)=O)CO[C@H]2O)[C@H](OC(C)=O)[C@@H](OC(C)=O)[C@H]1OC(C)=O. The van der Waals surface area contributed by atoms with Crippen LogP contribution in [0.4, 0.5) is 0 Å². The molecule has 2 saturated heterocycles. The van der Waals surface area contributed by atoms with E-state index in [9.17, 15) is 33.9 Å². The molecule has 0 spiro atoms. The zero-order chi connectivity index (χ0) is 29.4. The van der Waals surface area contributed by atoms with Crippen molar-refractivity contribution in [3.8, 4) is 0 Å². The fourth-order valence-electron chi connectivity index (χ4n) is 4.00. The maximum Gasteiger partial charge on any atom is 0.303 e. The highest BCUT2D eigenvalue weighted by Crippen LogP contribution is 2.33. The van der Waals surface area contributed by atoms with E-state index in [1.165, 1.54) is 0 Å². The number of esters is 6. The quantitative estimate of drug-likeness (QED) is 0.254. The molecule has 0 saturated carbocycles. The summed E-state index contributed by atoms with van der Waals surface area (Å²) in [6, 6.07) is 0. The highest BCUT2D eigenvalue weighted by atomic mass is 16.8. The summed E-state index contributed by atoms with van der Waals surface area (Å²) < 4.78 is 48.2. The topological polar surface area (TPSA) is 206 Å². The first kappa shape index (κ1) is 31.9. The standard InChI is InChI=1S/C23H32O16/c1-9(24)31-7-16-17(34-11(3)26)19(36-13(5)28)21(37-14(6)29)23(38-16)39-20-18(35-12(4)27)15(33-10(2)25)8-32-22(20)30/h15-23,30H,7-8H2,1-6H3/t15-,16-,17+,18+,19+,20-,21-,22-,23-/m1/s1. The van der Waals surface area contributed by atoms with Crippen LogP contribution in [0, 0.1) is 0 Å². The van der Waals surface area contributed by atoms with Crippen molar-refractivity contribution in [3.05, 3.63) is 0 Å². The molecular formula is C23H32O16. The number of hydrogen-bond acceptors (Lipinski definition) is 16. The Morgan fingerprint density at radius 2 is 1.13 bits per heavy atom. The number of carbonyl (C=O) groups excluding carboxylic acids is 6. The lowest BCUT2D eigenvalue weighted by Crippen LogP contribution is -2.65. The van der Waals surface area contributed by atoms with Gasteiger partial charge >= 0.3 is 35.8 Å². The average Bonchev–Trinajstić information content (AvgIpc) is 2.78. The summed E-state index contributed by atoms with van der Waals surface area (Å²) >= 11 is 0. The molecule has 0 bridgehead atoms. The minimum atomic E-state index is -1.77. The number of hydrogen-bond donors (Lipinski definition) is 1. The second-order valence-corrected chi connectivity index (χ2v) is 8.61. The van der Waals surface area contributed by atoms with Crippen molar-refractivity contribution in [3.63, 3.8) is 0 Å². The average molecular weight is 564 g/mol. The van der Waals surface area contributed by atoms with E-state index in [2.05, 4.69) is 0 Å². The summed E-state index contributed by atoms with van der Waals surface area (Å²) in [5, 5.41) is 10.6. The molecule has 2 fully saturated rings. The first-order chi connectivity index (χ1) is 18.2. The van der Waals surface area contributed by atoms with Crippen LogP contribution in [-0.4, -0.2) is 109 Å². The monoisotopic (exact) mass is 564 g/mol. The lowest BCUT2D eigenvalue weighted by atomic mass is 9.97. The van der Waals surface area contributed by atoms with Crippen LogP contribution in [0.3, 0.4) is 0 Å². The Hall–Kier alpha value is -3.34. The second kappa shape index (κ2) is 14.2. The van der Waals surface area contributed by atoms with Gasteiger partial charge in [0.05, 0.1) is 6.61 Å². The zero-order valence-electron chi connectivity index (χ0n) is 22.2. The van der Waals surface area contributed by atoms with Gasteiger partial charge in [0.1, 0.15) is 12.7 Å². The van der Waals surface area contributed by atoms with Gasteiger partial charge < -0.3 is 47.7 Å². The van der Waals surface area contributed by atoms with E-state index in [1.807, 2.05) is 0 Å². The molecule has 0 aliphatic carbocycles. The fourth-order valence-corrected chi connectivity index (χ4v) is 4.00. The Balaban J connectivity index is 2.53. The summed E-state index contributed by atoms with van der Waals surface area (Å²) in [7, 11) is 0. The Labute approximate surface area is 223 Å². The molecule has 1 N–H and O–H groups in total. The van der Waals surface area contributed by atoms with Crippen LogP contribution in [0.15, 0.2) is 0 Å². The van der Waals surface area contributed by atoms with Gasteiger partial charge in [-0.3, -0.25) is 28.8 Å². The Kier molecular flexibility index (Phi) is 11.6. The molecule has 2 aliphatic rings. The summed E-state index contributed by atoms with van der Waals surface area (Å²) in [6.07, 6.45) is -13.7. The third-order valence-electron chi connectivity index (χ3n) is 5.26. The number of carbonyl (C=O) groups is 6. The van der Waals surface area contributed by atoms with Crippen LogP contribution in [0.25, 0.3) is 0 Å². The van der Waals surface area contributed by atoms with Crippen LogP contribution in [0.5, 0.6) is 0 Å². The molecule has 2 rings (SSSR count). The highest BCUT2D eigenvalue weighted by molar-refractivity contribution is 5.69. The largest absolute Gasteiger partial charge is 0.463 e. The second-order valence-electron chi connectivity index (χ2n) is 8.61. The molecule has 0 aromatic carbocycles. The van der Waals surface area contributed by atoms with E-state index < -0.39 is 97.7 Å². The normalized spacial score (nSPS) is 32.2. The van der Waals surface area contributed by atoms with Crippen LogP contribution in [-0.2, 0) is 71.4 Å². The van der Waals surface area contributed by atoms with Gasteiger partial charge in [-0.1, -0.05) is 0 Å². The summed E-state index contributed by atoms with van der Waals surface area (Å²) in [5.41, 5.74) is 0. The van der Waals surface area contributed by atoms with Crippen LogP contribution in [0.2, 0.25) is 0 Å². The van der Waals surface area contributed by atoms with E-state index in [4.69, 9.17) is 42.6 Å². The summed E-state index contributed by atoms with van der Waals surface area (Å²) in [5.74, 6) is -4.87. The van der Waals surface area contributed by atoms with Crippen LogP contribution in [0.1, 0.15) is 41.5 Å². The van der Waals surface area contributed by atoms with Crippen LogP contribution >= 0.6 is 0 Å². The van der Waals surface area contributed by atoms with Crippen LogP contribution < -0.4 is 0 Å². The molecule has 2 heterocycles. The van der Waals surface area contributed by atoms with Gasteiger partial charge in [0, 0.05) is 41.5 Å². The van der Waals surface area contributed by atoms with E-state index in [0.717, 1.165) is 41.5 Å². The van der Waals surface area contributed by atoms with Gasteiger partial charge in [-0.15, -0.1) is 0 Å². The van der Waals surface area contributed by atoms with Gasteiger partial charge in [-0.05, 0) is 0 Å². The molecule has 0 amide bonds. The molecule has 0 aromatic rings. The molecule has 0 unspecified atom stereocenters. The molecule has 2 aliphatic heterocycles. The van der Waals surface area contributed by atoms with Crippen molar-refractivity contribution in [1.29, 1.82) is 0 Å². The Morgan fingerprint density at radius 1 is 0.641 bits per heavy atom. The minimum absolute atomic E-state index is 0.364. The Bertz CT molecular complexity index is 933. The predicted octanol–water partition coefficient (Wildman–Crippen LogP) is -1.33. The minimum Gasteiger partial charge on any atom is -0.463 e. The maximum absolute atomic E-state index is 12.0. The first-order valence-electron chi connectivity index (χ1n) is 11.8. The van der Waals surface area contributed by atoms with Gasteiger partial charge in [-0.2, -0.15) is 0 Å². The molecule has 16 heteroatoms. The van der Waals surface area contributed by atoms with E-state index in [0.29, 0.717) is 0 Å². The predicted molar refractivity (Wildman–Crippen MR) is 120 cm³/mol. The molecule has 9 atom stereocenters. The van der Waals surface area contributed by atoms with E-state index in [-0.39, 0.29) is 6.61 Å². The van der Waals surface area contributed by atoms with Gasteiger partial charge in [0.15, 0.2) is 49.2 Å². The van der Waals surface area contributed by atoms with Crippen molar-refractivity contribution < 1.29 is 76.5 Å². The third-order valence-corrected chi connectivity index (χ3v) is 5.26. The molecule has 39 heavy (non-hydrogen) atoms. The summed E-state index contributed by atoms with van der Waals surface area (Å²) in [6.45, 7) is 5.53. The van der Waals surface area contributed by atoms with E-state index >= 15 is 0 Å².